The fourth-order valence-corrected chi connectivity index (χ4v) is 3.26. The van der Waals surface area contributed by atoms with Crippen LogP contribution in [0.5, 0.6) is 0 Å². The molecule has 0 spiro atoms. The van der Waals surface area contributed by atoms with Gasteiger partial charge in [-0.2, -0.15) is 11.8 Å². The van der Waals surface area contributed by atoms with Gasteiger partial charge in [0, 0.05) is 17.8 Å². The quantitative estimate of drug-likeness (QED) is 0.758. The molecule has 2 nitrogen and oxygen atoms in total. The molecule has 3 heteroatoms. The zero-order chi connectivity index (χ0) is 10.8. The Kier molecular flexibility index (Phi) is 3.63. The van der Waals surface area contributed by atoms with Crippen LogP contribution in [-0.4, -0.2) is 34.8 Å². The van der Waals surface area contributed by atoms with Gasteiger partial charge in [-0.1, -0.05) is 19.3 Å². The van der Waals surface area contributed by atoms with Crippen LogP contribution in [0.15, 0.2) is 0 Å². The minimum atomic E-state index is -0.396. The Hall–Kier alpha value is 0.270. The van der Waals surface area contributed by atoms with Crippen molar-refractivity contribution in [3.8, 4) is 0 Å². The van der Waals surface area contributed by atoms with Gasteiger partial charge in [0.25, 0.3) is 0 Å². The lowest BCUT2D eigenvalue weighted by Gasteiger charge is -2.32. The molecule has 0 aromatic heterocycles. The maximum absolute atomic E-state index is 10.3. The predicted octanol–water partition coefficient (Wildman–Crippen LogP) is 2.17. The molecule has 0 heterocycles. The molecule has 0 aromatic carbocycles. The summed E-state index contributed by atoms with van der Waals surface area (Å²) in [5, 5.41) is 13.8. The molecule has 2 N–H and O–H groups in total. The second kappa shape index (κ2) is 4.64. The molecule has 2 saturated carbocycles. The van der Waals surface area contributed by atoms with Gasteiger partial charge in [0.05, 0.1) is 5.60 Å². The summed E-state index contributed by atoms with van der Waals surface area (Å²) in [6, 6.07) is 0. The van der Waals surface area contributed by atoms with Gasteiger partial charge < -0.3 is 10.4 Å². The van der Waals surface area contributed by atoms with E-state index in [1.807, 2.05) is 11.8 Å². The first-order valence-corrected chi connectivity index (χ1v) is 7.39. The summed E-state index contributed by atoms with van der Waals surface area (Å²) in [4.78, 5) is 0. The van der Waals surface area contributed by atoms with Crippen molar-refractivity contribution in [2.24, 2.45) is 0 Å². The highest BCUT2D eigenvalue weighted by Crippen LogP contribution is 2.46. The topological polar surface area (TPSA) is 32.3 Å². The molecule has 0 amide bonds. The van der Waals surface area contributed by atoms with E-state index < -0.39 is 5.60 Å². The molecule has 0 bridgehead atoms. The van der Waals surface area contributed by atoms with E-state index in [9.17, 15) is 5.11 Å². The molecule has 0 atom stereocenters. The fourth-order valence-electron chi connectivity index (χ4n) is 2.50. The maximum atomic E-state index is 10.3. The Balaban J connectivity index is 1.68. The smallest absolute Gasteiger partial charge is 0.0771 e. The minimum absolute atomic E-state index is 0.396. The van der Waals surface area contributed by atoms with Gasteiger partial charge in [-0.25, -0.2) is 0 Å². The number of thioether (sulfide) groups is 1. The van der Waals surface area contributed by atoms with Crippen molar-refractivity contribution in [3.63, 3.8) is 0 Å². The number of hydrogen-bond donors (Lipinski definition) is 2. The SMILES string of the molecule is CSC1(CNCC2(O)CCCCC2)CC1. The van der Waals surface area contributed by atoms with Crippen molar-refractivity contribution in [1.82, 2.24) is 5.32 Å². The van der Waals surface area contributed by atoms with Crippen molar-refractivity contribution in [2.45, 2.75) is 55.3 Å². The molecule has 2 aliphatic carbocycles. The van der Waals surface area contributed by atoms with E-state index >= 15 is 0 Å². The first-order valence-electron chi connectivity index (χ1n) is 6.16. The van der Waals surface area contributed by atoms with Gasteiger partial charge in [-0.05, 0) is 31.9 Å². The van der Waals surface area contributed by atoms with Crippen molar-refractivity contribution < 1.29 is 5.11 Å². The summed E-state index contributed by atoms with van der Waals surface area (Å²) in [6.45, 7) is 1.88. The predicted molar refractivity (Wildman–Crippen MR) is 66.4 cm³/mol. The van der Waals surface area contributed by atoms with Crippen LogP contribution in [0.4, 0.5) is 0 Å². The monoisotopic (exact) mass is 229 g/mol. The van der Waals surface area contributed by atoms with Gasteiger partial charge in [0.1, 0.15) is 0 Å². The molecule has 2 rings (SSSR count). The van der Waals surface area contributed by atoms with Crippen LogP contribution in [0, 0.1) is 0 Å². The van der Waals surface area contributed by atoms with Crippen molar-refractivity contribution in [3.05, 3.63) is 0 Å². The second-order valence-electron chi connectivity index (χ2n) is 5.28. The molecular weight excluding hydrogens is 206 g/mol. The Morgan fingerprint density at radius 3 is 2.27 bits per heavy atom. The Morgan fingerprint density at radius 2 is 1.73 bits per heavy atom. The molecule has 0 aliphatic heterocycles. The lowest BCUT2D eigenvalue weighted by molar-refractivity contribution is 0.00507. The number of hydrogen-bond acceptors (Lipinski definition) is 3. The summed E-state index contributed by atoms with van der Waals surface area (Å²) in [5.41, 5.74) is -0.396. The van der Waals surface area contributed by atoms with Crippen molar-refractivity contribution in [1.29, 1.82) is 0 Å². The third-order valence-corrected chi connectivity index (χ3v) is 5.34. The Labute approximate surface area is 97.2 Å². The van der Waals surface area contributed by atoms with Crippen LogP contribution in [0.1, 0.15) is 44.9 Å². The van der Waals surface area contributed by atoms with Gasteiger partial charge in [0.2, 0.25) is 0 Å². The third kappa shape index (κ3) is 3.11. The summed E-state index contributed by atoms with van der Waals surface area (Å²) >= 11 is 1.98. The zero-order valence-corrected chi connectivity index (χ0v) is 10.5. The van der Waals surface area contributed by atoms with Gasteiger partial charge in [-0.15, -0.1) is 0 Å². The third-order valence-electron chi connectivity index (χ3n) is 3.93. The summed E-state index contributed by atoms with van der Waals surface area (Å²) in [6.07, 6.45) is 10.6. The summed E-state index contributed by atoms with van der Waals surface area (Å²) in [5.74, 6) is 0. The van der Waals surface area contributed by atoms with Crippen LogP contribution in [0.3, 0.4) is 0 Å². The molecule has 0 saturated heterocycles. The van der Waals surface area contributed by atoms with Crippen LogP contribution < -0.4 is 5.32 Å². The lowest BCUT2D eigenvalue weighted by atomic mass is 9.85. The van der Waals surface area contributed by atoms with E-state index in [-0.39, 0.29) is 0 Å². The highest BCUT2D eigenvalue weighted by Gasteiger charge is 2.41. The van der Waals surface area contributed by atoms with E-state index in [0.717, 1.165) is 25.9 Å². The zero-order valence-electron chi connectivity index (χ0n) is 9.72. The van der Waals surface area contributed by atoms with Crippen LogP contribution in [0.2, 0.25) is 0 Å². The molecular formula is C12H23NOS. The van der Waals surface area contributed by atoms with E-state index in [1.165, 1.54) is 32.1 Å². The summed E-state index contributed by atoms with van der Waals surface area (Å²) in [7, 11) is 0. The summed E-state index contributed by atoms with van der Waals surface area (Å²) < 4.78 is 0.519. The van der Waals surface area contributed by atoms with Crippen molar-refractivity contribution in [2.75, 3.05) is 19.3 Å². The standard InChI is InChI=1S/C12H23NOS/c1-15-12(7-8-12)10-13-9-11(14)5-3-2-4-6-11/h13-14H,2-10H2,1H3. The number of nitrogens with one attached hydrogen (secondary N) is 1. The number of aliphatic hydroxyl groups is 1. The molecule has 15 heavy (non-hydrogen) atoms. The van der Waals surface area contributed by atoms with Crippen LogP contribution >= 0.6 is 11.8 Å². The van der Waals surface area contributed by atoms with Crippen LogP contribution in [-0.2, 0) is 0 Å². The molecule has 2 aliphatic rings. The van der Waals surface area contributed by atoms with Gasteiger partial charge in [0.15, 0.2) is 0 Å². The van der Waals surface area contributed by atoms with E-state index in [2.05, 4.69) is 11.6 Å². The van der Waals surface area contributed by atoms with Gasteiger partial charge >= 0.3 is 0 Å². The first kappa shape index (κ1) is 11.7. The molecule has 0 radical (unpaired) electrons. The minimum Gasteiger partial charge on any atom is -0.389 e. The average molecular weight is 229 g/mol. The van der Waals surface area contributed by atoms with E-state index in [4.69, 9.17) is 0 Å². The average Bonchev–Trinajstić information content (AvgIpc) is 3.00. The molecule has 2 fully saturated rings. The maximum Gasteiger partial charge on any atom is 0.0771 e. The van der Waals surface area contributed by atoms with E-state index in [1.54, 1.807) is 0 Å². The largest absolute Gasteiger partial charge is 0.389 e. The molecule has 0 aromatic rings. The molecule has 88 valence electrons. The Morgan fingerprint density at radius 1 is 1.07 bits per heavy atom. The van der Waals surface area contributed by atoms with Crippen LogP contribution in [0.25, 0.3) is 0 Å². The van der Waals surface area contributed by atoms with E-state index in [0.29, 0.717) is 4.75 Å². The normalized spacial score (nSPS) is 27.6. The highest BCUT2D eigenvalue weighted by molar-refractivity contribution is 8.00. The number of rotatable bonds is 5. The second-order valence-corrected chi connectivity index (χ2v) is 6.55. The van der Waals surface area contributed by atoms with Gasteiger partial charge in [-0.3, -0.25) is 0 Å². The lowest BCUT2D eigenvalue weighted by Crippen LogP contribution is -2.44. The fraction of sp³-hybridized carbons (Fsp3) is 1.00. The Bertz CT molecular complexity index is 210. The highest BCUT2D eigenvalue weighted by atomic mass is 32.2. The molecule has 0 unspecified atom stereocenters. The van der Waals surface area contributed by atoms with Crippen molar-refractivity contribution >= 4 is 11.8 Å². The first-order chi connectivity index (χ1) is 7.18.